The highest BCUT2D eigenvalue weighted by Crippen LogP contribution is 1.91. The third-order valence-electron chi connectivity index (χ3n) is 0.960. The maximum atomic E-state index is 12.1. The topological polar surface area (TPSA) is 43.8 Å². The Hall–Kier alpha value is -0.900. The summed E-state index contributed by atoms with van der Waals surface area (Å²) < 4.78 is 13.6. The van der Waals surface area contributed by atoms with Crippen LogP contribution < -0.4 is 5.73 Å². The van der Waals surface area contributed by atoms with Crippen LogP contribution in [0.1, 0.15) is 0 Å². The molecule has 0 aliphatic rings. The number of rotatable bonds is 2. The minimum atomic E-state index is -0.316. The molecule has 0 saturated carbocycles. The predicted molar refractivity (Wildman–Crippen MR) is 31.2 cm³/mol. The lowest BCUT2D eigenvalue weighted by atomic mass is 10.6. The van der Waals surface area contributed by atoms with Gasteiger partial charge in [0.2, 0.25) is 0 Å². The van der Waals surface area contributed by atoms with Crippen LogP contribution in [0.25, 0.3) is 0 Å². The molecule has 0 atom stereocenters. The summed E-state index contributed by atoms with van der Waals surface area (Å²) in [6, 6.07) is 0. The van der Waals surface area contributed by atoms with Crippen molar-refractivity contribution < 1.29 is 4.39 Å². The molecule has 3 nitrogen and oxygen atoms in total. The zero-order chi connectivity index (χ0) is 6.69. The smallest absolute Gasteiger partial charge is 0.161 e. The summed E-state index contributed by atoms with van der Waals surface area (Å²) in [6.07, 6.45) is 2.47. The predicted octanol–water partition coefficient (Wildman–Crippen LogP) is -0.0191. The average molecular weight is 129 g/mol. The molecule has 0 aliphatic carbocycles. The van der Waals surface area contributed by atoms with E-state index in [0.717, 1.165) is 6.20 Å². The van der Waals surface area contributed by atoms with E-state index in [1.807, 2.05) is 0 Å². The molecule has 0 amide bonds. The van der Waals surface area contributed by atoms with E-state index in [2.05, 4.69) is 5.10 Å². The Morgan fingerprint density at radius 1 is 1.78 bits per heavy atom. The Kier molecular flexibility index (Phi) is 1.79. The van der Waals surface area contributed by atoms with Crippen molar-refractivity contribution in [2.45, 2.75) is 6.54 Å². The molecule has 50 valence electrons. The van der Waals surface area contributed by atoms with Crippen molar-refractivity contribution in [3.8, 4) is 0 Å². The molecule has 0 unspecified atom stereocenters. The van der Waals surface area contributed by atoms with Gasteiger partial charge in [0.15, 0.2) is 5.82 Å². The lowest BCUT2D eigenvalue weighted by molar-refractivity contribution is 0.602. The van der Waals surface area contributed by atoms with Crippen LogP contribution in [0.3, 0.4) is 0 Å². The zero-order valence-corrected chi connectivity index (χ0v) is 4.92. The number of aromatic nitrogens is 2. The van der Waals surface area contributed by atoms with Crippen molar-refractivity contribution >= 4 is 0 Å². The first kappa shape index (κ1) is 6.22. The summed E-state index contributed by atoms with van der Waals surface area (Å²) in [4.78, 5) is 0. The second-order valence-electron chi connectivity index (χ2n) is 1.71. The second-order valence-corrected chi connectivity index (χ2v) is 1.71. The van der Waals surface area contributed by atoms with Crippen molar-refractivity contribution in [3.05, 3.63) is 18.2 Å². The fourth-order valence-corrected chi connectivity index (χ4v) is 0.593. The van der Waals surface area contributed by atoms with E-state index in [0.29, 0.717) is 13.1 Å². The van der Waals surface area contributed by atoms with Crippen LogP contribution in [0.5, 0.6) is 0 Å². The van der Waals surface area contributed by atoms with Crippen LogP contribution in [0.2, 0.25) is 0 Å². The van der Waals surface area contributed by atoms with Crippen LogP contribution in [-0.2, 0) is 6.54 Å². The number of nitrogens with zero attached hydrogens (tertiary/aromatic N) is 2. The second kappa shape index (κ2) is 2.59. The third kappa shape index (κ3) is 1.50. The van der Waals surface area contributed by atoms with Gasteiger partial charge in [-0.3, -0.25) is 4.68 Å². The molecule has 0 aromatic carbocycles. The average Bonchev–Trinajstić information content (AvgIpc) is 2.17. The maximum Gasteiger partial charge on any atom is 0.161 e. The highest BCUT2D eigenvalue weighted by atomic mass is 19.1. The molecular formula is C5H8FN3. The summed E-state index contributed by atoms with van der Waals surface area (Å²) in [7, 11) is 0. The van der Waals surface area contributed by atoms with Gasteiger partial charge in [0.1, 0.15) is 0 Å². The minimum absolute atomic E-state index is 0.316. The molecule has 0 radical (unpaired) electrons. The number of hydrogen-bond donors (Lipinski definition) is 1. The van der Waals surface area contributed by atoms with E-state index in [4.69, 9.17) is 5.73 Å². The normalized spacial score (nSPS) is 10.0. The van der Waals surface area contributed by atoms with Gasteiger partial charge in [-0.2, -0.15) is 5.10 Å². The van der Waals surface area contributed by atoms with Gasteiger partial charge in [-0.1, -0.05) is 0 Å². The number of halogens is 1. The van der Waals surface area contributed by atoms with Gasteiger partial charge in [0, 0.05) is 6.54 Å². The van der Waals surface area contributed by atoms with Crippen LogP contribution >= 0.6 is 0 Å². The molecule has 1 heterocycles. The summed E-state index contributed by atoms with van der Waals surface area (Å²) in [6.45, 7) is 1.06. The lowest BCUT2D eigenvalue weighted by Gasteiger charge is -1.92. The third-order valence-corrected chi connectivity index (χ3v) is 0.960. The molecule has 0 saturated heterocycles. The summed E-state index contributed by atoms with van der Waals surface area (Å²) in [5.41, 5.74) is 5.19. The van der Waals surface area contributed by atoms with Gasteiger partial charge >= 0.3 is 0 Å². The molecule has 1 aromatic rings. The molecule has 0 aliphatic heterocycles. The zero-order valence-electron chi connectivity index (χ0n) is 4.92. The molecule has 1 aromatic heterocycles. The molecule has 1 rings (SSSR count). The van der Waals surface area contributed by atoms with Gasteiger partial charge in [0.25, 0.3) is 0 Å². The molecule has 0 fully saturated rings. The van der Waals surface area contributed by atoms with Gasteiger partial charge < -0.3 is 5.73 Å². The highest BCUT2D eigenvalue weighted by Gasteiger charge is 1.92. The van der Waals surface area contributed by atoms with Crippen LogP contribution in [-0.4, -0.2) is 16.3 Å². The Balaban J connectivity index is 2.61. The van der Waals surface area contributed by atoms with Crippen LogP contribution in [0, 0.1) is 5.82 Å². The SMILES string of the molecule is NCCn1cc(F)cn1. The largest absolute Gasteiger partial charge is 0.329 e. The fourth-order valence-electron chi connectivity index (χ4n) is 0.593. The quantitative estimate of drug-likeness (QED) is 0.610. The molecule has 0 bridgehead atoms. The molecule has 0 spiro atoms. The maximum absolute atomic E-state index is 12.1. The Labute approximate surface area is 52.3 Å². The van der Waals surface area contributed by atoms with E-state index in [-0.39, 0.29) is 5.82 Å². The van der Waals surface area contributed by atoms with E-state index >= 15 is 0 Å². The first-order valence-electron chi connectivity index (χ1n) is 2.71. The van der Waals surface area contributed by atoms with E-state index < -0.39 is 0 Å². The highest BCUT2D eigenvalue weighted by molar-refractivity contribution is 4.83. The standard InChI is InChI=1S/C5H8FN3/c6-5-3-8-9(4-5)2-1-7/h3-4H,1-2,7H2. The van der Waals surface area contributed by atoms with E-state index in [1.165, 1.54) is 10.9 Å². The Morgan fingerprint density at radius 3 is 3.00 bits per heavy atom. The van der Waals surface area contributed by atoms with Crippen LogP contribution in [0.4, 0.5) is 4.39 Å². The van der Waals surface area contributed by atoms with Crippen molar-refractivity contribution in [2.75, 3.05) is 6.54 Å². The van der Waals surface area contributed by atoms with Gasteiger partial charge in [-0.25, -0.2) is 4.39 Å². The fraction of sp³-hybridized carbons (Fsp3) is 0.400. The first-order chi connectivity index (χ1) is 4.33. The van der Waals surface area contributed by atoms with Gasteiger partial charge in [-0.05, 0) is 0 Å². The Morgan fingerprint density at radius 2 is 2.56 bits per heavy atom. The molecule has 9 heavy (non-hydrogen) atoms. The number of nitrogens with two attached hydrogens (primary N) is 1. The monoisotopic (exact) mass is 129 g/mol. The van der Waals surface area contributed by atoms with Crippen molar-refractivity contribution in [3.63, 3.8) is 0 Å². The lowest BCUT2D eigenvalue weighted by Crippen LogP contribution is -2.09. The summed E-state index contributed by atoms with van der Waals surface area (Å²) >= 11 is 0. The van der Waals surface area contributed by atoms with Crippen molar-refractivity contribution in [1.82, 2.24) is 9.78 Å². The van der Waals surface area contributed by atoms with Gasteiger partial charge in [0.05, 0.1) is 18.9 Å². The Bertz CT molecular complexity index is 184. The molecule has 2 N–H and O–H groups in total. The minimum Gasteiger partial charge on any atom is -0.329 e. The summed E-state index contributed by atoms with van der Waals surface area (Å²) in [5.74, 6) is -0.316. The van der Waals surface area contributed by atoms with Crippen molar-refractivity contribution in [2.24, 2.45) is 5.73 Å². The van der Waals surface area contributed by atoms with Crippen LogP contribution in [0.15, 0.2) is 12.4 Å². The van der Waals surface area contributed by atoms with E-state index in [1.54, 1.807) is 0 Å². The molecule has 4 heteroatoms. The van der Waals surface area contributed by atoms with Crippen molar-refractivity contribution in [1.29, 1.82) is 0 Å². The summed E-state index contributed by atoms with van der Waals surface area (Å²) in [5, 5.41) is 3.67. The molecular weight excluding hydrogens is 121 g/mol. The van der Waals surface area contributed by atoms with E-state index in [9.17, 15) is 4.39 Å². The number of hydrogen-bond acceptors (Lipinski definition) is 2. The van der Waals surface area contributed by atoms with Gasteiger partial charge in [-0.15, -0.1) is 0 Å². The first-order valence-corrected chi connectivity index (χ1v) is 2.71.